The Labute approximate surface area is 93.7 Å². The van der Waals surface area contributed by atoms with Crippen LogP contribution in [0.25, 0.3) is 0 Å². The van der Waals surface area contributed by atoms with Gasteiger partial charge in [0.05, 0.1) is 0 Å². The molecule has 15 heavy (non-hydrogen) atoms. The van der Waals surface area contributed by atoms with E-state index < -0.39 is 0 Å². The first-order valence-electron chi connectivity index (χ1n) is 6.39. The molecule has 2 nitrogen and oxygen atoms in total. The fourth-order valence-electron chi connectivity index (χ4n) is 2.28. The van der Waals surface area contributed by atoms with Crippen LogP contribution in [0.4, 0.5) is 0 Å². The molecule has 2 heteroatoms. The summed E-state index contributed by atoms with van der Waals surface area (Å²) >= 11 is 0. The third-order valence-corrected chi connectivity index (χ3v) is 3.56. The molecule has 0 spiro atoms. The van der Waals surface area contributed by atoms with Crippen molar-refractivity contribution in [1.29, 1.82) is 0 Å². The topological polar surface area (TPSA) is 15.3 Å². The lowest BCUT2D eigenvalue weighted by atomic mass is 10.1. The van der Waals surface area contributed by atoms with Crippen LogP contribution >= 0.6 is 0 Å². The minimum atomic E-state index is 0.736. The Morgan fingerprint density at radius 1 is 1.53 bits per heavy atom. The molecule has 0 aromatic rings. The van der Waals surface area contributed by atoms with Crippen LogP contribution in [0.2, 0.25) is 0 Å². The molecule has 0 bridgehead atoms. The van der Waals surface area contributed by atoms with Crippen molar-refractivity contribution >= 4 is 0 Å². The third kappa shape index (κ3) is 3.62. The molecule has 1 saturated carbocycles. The minimum absolute atomic E-state index is 0.736. The zero-order chi connectivity index (χ0) is 10.7. The predicted molar refractivity (Wildman–Crippen MR) is 65.1 cm³/mol. The molecule has 0 aromatic heterocycles. The zero-order valence-electron chi connectivity index (χ0n) is 10.1. The van der Waals surface area contributed by atoms with E-state index in [9.17, 15) is 0 Å². The van der Waals surface area contributed by atoms with E-state index in [0.29, 0.717) is 0 Å². The van der Waals surface area contributed by atoms with Crippen molar-refractivity contribution in [2.75, 3.05) is 19.6 Å². The molecule has 2 rings (SSSR count). The molecular formula is C13H24N2. The number of nitrogens with zero attached hydrogens (tertiary/aromatic N) is 1. The van der Waals surface area contributed by atoms with E-state index in [4.69, 9.17) is 0 Å². The van der Waals surface area contributed by atoms with Gasteiger partial charge in [0.15, 0.2) is 0 Å². The van der Waals surface area contributed by atoms with Gasteiger partial charge in [-0.3, -0.25) is 4.90 Å². The Hall–Kier alpha value is -0.340. The van der Waals surface area contributed by atoms with E-state index in [0.717, 1.165) is 12.1 Å². The molecule has 2 aliphatic rings. The summed E-state index contributed by atoms with van der Waals surface area (Å²) in [6.45, 7) is 8.26. The van der Waals surface area contributed by atoms with Gasteiger partial charge in [0.2, 0.25) is 0 Å². The number of nitrogens with one attached hydrogen (secondary N) is 1. The third-order valence-electron chi connectivity index (χ3n) is 3.56. The highest BCUT2D eigenvalue weighted by Gasteiger charge is 2.21. The molecular weight excluding hydrogens is 184 g/mol. The maximum absolute atomic E-state index is 3.60. The van der Waals surface area contributed by atoms with Gasteiger partial charge in [-0.05, 0) is 46.1 Å². The summed E-state index contributed by atoms with van der Waals surface area (Å²) < 4.78 is 0. The fraction of sp³-hybridized carbons (Fsp3) is 0.846. The highest BCUT2D eigenvalue weighted by Crippen LogP contribution is 2.19. The molecule has 0 radical (unpaired) electrons. The average Bonchev–Trinajstić information content (AvgIpc) is 3.01. The fourth-order valence-corrected chi connectivity index (χ4v) is 2.28. The molecule has 1 aliphatic heterocycles. The number of hydrogen-bond donors (Lipinski definition) is 1. The Bertz CT molecular complexity index is 231. The standard InChI is InChI=1S/C13H24N2/c1-11-4-3-9-15(10-11)12(2)7-8-14-13-5-6-13/h4,12-14H,3,5-10H2,1-2H3. The zero-order valence-corrected chi connectivity index (χ0v) is 10.1. The van der Waals surface area contributed by atoms with E-state index in [1.54, 1.807) is 5.57 Å². The van der Waals surface area contributed by atoms with Gasteiger partial charge in [0, 0.05) is 25.2 Å². The van der Waals surface area contributed by atoms with Crippen molar-refractivity contribution in [3.8, 4) is 0 Å². The second kappa shape index (κ2) is 5.13. The molecule has 86 valence electrons. The van der Waals surface area contributed by atoms with Crippen molar-refractivity contribution in [2.45, 2.75) is 51.6 Å². The Balaban J connectivity index is 1.65. The van der Waals surface area contributed by atoms with E-state index >= 15 is 0 Å². The van der Waals surface area contributed by atoms with Crippen molar-refractivity contribution < 1.29 is 0 Å². The van der Waals surface area contributed by atoms with Crippen LogP contribution < -0.4 is 5.32 Å². The van der Waals surface area contributed by atoms with Gasteiger partial charge in [-0.25, -0.2) is 0 Å². The monoisotopic (exact) mass is 208 g/mol. The lowest BCUT2D eigenvalue weighted by molar-refractivity contribution is 0.211. The number of hydrogen-bond acceptors (Lipinski definition) is 2. The normalized spacial score (nSPS) is 25.1. The maximum atomic E-state index is 3.60. The predicted octanol–water partition coefficient (Wildman–Crippen LogP) is 2.17. The molecule has 1 heterocycles. The molecule has 1 aliphatic carbocycles. The first kappa shape index (κ1) is 11.2. The first-order valence-corrected chi connectivity index (χ1v) is 6.39. The van der Waals surface area contributed by atoms with Gasteiger partial charge in [0.25, 0.3) is 0 Å². The Morgan fingerprint density at radius 2 is 2.33 bits per heavy atom. The molecule has 0 amide bonds. The number of rotatable bonds is 5. The second-order valence-corrected chi connectivity index (χ2v) is 5.18. The van der Waals surface area contributed by atoms with Gasteiger partial charge >= 0.3 is 0 Å². The van der Waals surface area contributed by atoms with Crippen LogP contribution in [-0.4, -0.2) is 36.6 Å². The van der Waals surface area contributed by atoms with Crippen LogP contribution in [0.15, 0.2) is 11.6 Å². The van der Waals surface area contributed by atoms with Gasteiger partial charge in [0.1, 0.15) is 0 Å². The molecule has 1 fully saturated rings. The first-order chi connectivity index (χ1) is 7.25. The van der Waals surface area contributed by atoms with E-state index in [1.807, 2.05) is 0 Å². The Morgan fingerprint density at radius 3 is 3.00 bits per heavy atom. The summed E-state index contributed by atoms with van der Waals surface area (Å²) in [5.41, 5.74) is 1.54. The molecule has 1 atom stereocenters. The summed E-state index contributed by atoms with van der Waals surface area (Å²) in [4.78, 5) is 2.61. The van der Waals surface area contributed by atoms with Gasteiger partial charge in [-0.2, -0.15) is 0 Å². The van der Waals surface area contributed by atoms with Crippen LogP contribution in [0, 0.1) is 0 Å². The van der Waals surface area contributed by atoms with Crippen LogP contribution in [0.1, 0.15) is 39.5 Å². The summed E-state index contributed by atoms with van der Waals surface area (Å²) in [6.07, 6.45) is 7.72. The minimum Gasteiger partial charge on any atom is -0.314 e. The highest BCUT2D eigenvalue weighted by atomic mass is 15.2. The van der Waals surface area contributed by atoms with Crippen LogP contribution in [-0.2, 0) is 0 Å². The molecule has 0 aromatic carbocycles. The van der Waals surface area contributed by atoms with Gasteiger partial charge < -0.3 is 5.32 Å². The average molecular weight is 208 g/mol. The van der Waals surface area contributed by atoms with Gasteiger partial charge in [-0.1, -0.05) is 11.6 Å². The van der Waals surface area contributed by atoms with Gasteiger partial charge in [-0.15, -0.1) is 0 Å². The molecule has 1 unspecified atom stereocenters. The van der Waals surface area contributed by atoms with Crippen molar-refractivity contribution in [2.24, 2.45) is 0 Å². The largest absolute Gasteiger partial charge is 0.314 e. The summed E-state index contributed by atoms with van der Waals surface area (Å²) in [7, 11) is 0. The maximum Gasteiger partial charge on any atom is 0.0193 e. The summed E-state index contributed by atoms with van der Waals surface area (Å²) in [5.74, 6) is 0. The highest BCUT2D eigenvalue weighted by molar-refractivity contribution is 5.05. The summed E-state index contributed by atoms with van der Waals surface area (Å²) in [6, 6.07) is 1.60. The lowest BCUT2D eigenvalue weighted by Gasteiger charge is -2.32. The van der Waals surface area contributed by atoms with E-state index in [-0.39, 0.29) is 0 Å². The lowest BCUT2D eigenvalue weighted by Crippen LogP contribution is -2.39. The molecule has 0 saturated heterocycles. The van der Waals surface area contributed by atoms with Crippen molar-refractivity contribution in [3.63, 3.8) is 0 Å². The summed E-state index contributed by atoms with van der Waals surface area (Å²) in [5, 5.41) is 3.60. The quantitative estimate of drug-likeness (QED) is 0.697. The van der Waals surface area contributed by atoms with Crippen LogP contribution in [0.3, 0.4) is 0 Å². The SMILES string of the molecule is CC1=CCCN(C(C)CCNC2CC2)C1. The van der Waals surface area contributed by atoms with Crippen molar-refractivity contribution in [3.05, 3.63) is 11.6 Å². The van der Waals surface area contributed by atoms with Crippen LogP contribution in [0.5, 0.6) is 0 Å². The molecule has 1 N–H and O–H groups in total. The smallest absolute Gasteiger partial charge is 0.0193 e. The second-order valence-electron chi connectivity index (χ2n) is 5.18. The van der Waals surface area contributed by atoms with E-state index in [2.05, 4.69) is 30.1 Å². The van der Waals surface area contributed by atoms with E-state index in [1.165, 1.54) is 45.3 Å². The Kier molecular flexibility index (Phi) is 3.81. The van der Waals surface area contributed by atoms with Crippen molar-refractivity contribution in [1.82, 2.24) is 10.2 Å².